The van der Waals surface area contributed by atoms with Gasteiger partial charge in [-0.15, -0.1) is 0 Å². The molecule has 0 saturated carbocycles. The van der Waals surface area contributed by atoms with Gasteiger partial charge in [-0.1, -0.05) is 0 Å². The summed E-state index contributed by atoms with van der Waals surface area (Å²) in [7, 11) is 19.5. The van der Waals surface area contributed by atoms with E-state index in [0.717, 1.165) is 156 Å². The molecule has 0 radical (unpaired) electrons. The van der Waals surface area contributed by atoms with E-state index in [2.05, 4.69) is 1.45 Å². The minimum atomic E-state index is 0. The van der Waals surface area contributed by atoms with Crippen molar-refractivity contribution >= 4 is 0 Å². The maximum Gasteiger partial charge on any atom is 1.00 e. The summed E-state index contributed by atoms with van der Waals surface area (Å²) in [5.41, 5.74) is 0. The van der Waals surface area contributed by atoms with Crippen LogP contribution in [0.1, 0.15) is 1.43 Å². The third-order valence-corrected chi connectivity index (χ3v) is 0. The Bertz CT molecular complexity index is 119. The van der Waals surface area contributed by atoms with Gasteiger partial charge in [-0.3, -0.25) is 4.72 Å². The Balaban J connectivity index is -0.00000000210. The zero-order valence-corrected chi connectivity index (χ0v) is 48.2. The first-order valence-electron chi connectivity index (χ1n) is 9.83. The Hall–Kier alpha value is 6.67. The quantitative estimate of drug-likeness (QED) is 0.0610. The van der Waals surface area contributed by atoms with Gasteiger partial charge in [0.2, 0.25) is 0 Å². The van der Waals surface area contributed by atoms with Crippen LogP contribution in [-0.2, 0) is 5.48 Å². The van der Waals surface area contributed by atoms with Crippen LogP contribution in [0.2, 0.25) is 0 Å². The maximum absolute atomic E-state index is 8.75. The Morgan fingerprint density at radius 3 is 0.222 bits per heavy atom. The average molecular weight is 896 g/mol. The fraction of sp³-hybridized carbons (Fsp3) is 0.917. The summed E-state index contributed by atoms with van der Waals surface area (Å²) in [4.78, 5) is 0. The van der Waals surface area contributed by atoms with Crippen molar-refractivity contribution in [3.05, 3.63) is 14.9 Å². The first-order chi connectivity index (χ1) is 23.0. The molecule has 0 unspecified atom stereocenters. The number of hydrogen-bond acceptors (Lipinski definition) is 23. The van der Waals surface area contributed by atoms with Crippen LogP contribution in [0.25, 0.3) is 0 Å². The number of rotatable bonds is 0. The van der Waals surface area contributed by atoms with Gasteiger partial charge < -0.3 is 143 Å². The molecule has 0 rings (SSSR count). The van der Waals surface area contributed by atoms with Crippen molar-refractivity contribution < 1.29 is 379 Å². The topological polar surface area (TPSA) is 536 Å². The van der Waals surface area contributed by atoms with Gasteiger partial charge in [0.15, 0.2) is 0 Å². The van der Waals surface area contributed by atoms with Gasteiger partial charge in [-0.05, 0) is 0 Å². The smallest absolute Gasteiger partial charge is 1.00 e. The molecule has 39 heteroatoms. The van der Waals surface area contributed by atoms with Gasteiger partial charge in [-0.2, -0.15) is 71.1 Å². The molecular formula is C24H91F2Li13O24. The zero-order chi connectivity index (χ0) is 46.0. The molecular weight excluding hydrogens is 800 g/mol. The number of aliphatic hydroxyl groups is 12. The number of aliphatic hydroxyl groups excluding tert-OH is 12. The van der Waals surface area contributed by atoms with Crippen molar-refractivity contribution in [3.8, 4) is 0 Å². The number of hydrogen-bond donors (Lipinski definition) is 12. The first kappa shape index (κ1) is 373. The van der Waals surface area contributed by atoms with E-state index in [1.54, 1.807) is 0 Å². The summed E-state index contributed by atoms with van der Waals surface area (Å²) in [6, 6.07) is 0. The molecule has 0 aliphatic rings. The van der Waals surface area contributed by atoms with Crippen molar-refractivity contribution in [3.63, 3.8) is 0 Å². The van der Waals surface area contributed by atoms with Crippen LogP contribution < -0.4 is 301 Å². The average Bonchev–Trinajstić information content (AvgIpc) is 3.31. The van der Waals surface area contributed by atoms with Crippen LogP contribution in [0.15, 0.2) is 0 Å². The second kappa shape index (κ2) is 7070. The number of halogens is 2. The van der Waals surface area contributed by atoms with Gasteiger partial charge in [0.25, 0.3) is 1.45 Å². The Morgan fingerprint density at radius 1 is 0.222 bits per heavy atom. The third kappa shape index (κ3) is 6870. The fourth-order valence-corrected chi connectivity index (χ4v) is 0. The predicted molar refractivity (Wildman–Crippen MR) is 181 cm³/mol. The summed E-state index contributed by atoms with van der Waals surface area (Å²) in [5, 5.41) is 166. The van der Waals surface area contributed by atoms with Crippen LogP contribution in [0.3, 0.4) is 0 Å². The van der Waals surface area contributed by atoms with Crippen LogP contribution in [0, 0.1) is 14.9 Å². The summed E-state index contributed by atoms with van der Waals surface area (Å²) >= 11 is 0. The van der Waals surface area contributed by atoms with Crippen molar-refractivity contribution in [2.45, 2.75) is 0 Å². The molecule has 0 bridgehead atoms. The SMILES string of the molecule is CO.CO.CO.CO.CO.CO.CO.CO.CO.CO.CO.CO.C[O-].C[O-].C[O-].C[O-].C[O-].C[O-].C[O-].C[O-].C[O-].C[O-].[3HH].[3H]F.[CH3-].[CH3-].[F-].[Li+].[Li+].[Li+].[Li+].[Li+].[Li+].[Li+].[Li+].[Li+].[Li+].[Li+].[Li+].[Li+].[OH-].[OH3+]. The molecule has 0 amide bonds. The molecule has 0 aromatic rings. The van der Waals surface area contributed by atoms with Crippen molar-refractivity contribution in [2.24, 2.45) is 0 Å². The van der Waals surface area contributed by atoms with Gasteiger partial charge in [0.05, 0.1) is 0 Å². The molecule has 0 spiro atoms. The molecule has 0 fully saturated rings. The molecule has 358 valence electrons. The van der Waals surface area contributed by atoms with E-state index in [-0.39, 0.29) is 277 Å². The van der Waals surface area contributed by atoms with E-state index in [9.17, 15) is 0 Å². The largest absolute Gasteiger partial charge is 1.00 e. The van der Waals surface area contributed by atoms with E-state index in [1.165, 1.54) is 0 Å². The minimum Gasteiger partial charge on any atom is -1.00 e. The van der Waals surface area contributed by atoms with Crippen molar-refractivity contribution in [1.29, 1.82) is 1.45 Å². The van der Waals surface area contributed by atoms with E-state index in [0.29, 0.717) is 0 Å². The third-order valence-electron chi connectivity index (χ3n) is 0. The molecule has 24 nitrogen and oxygen atoms in total. The summed E-state index contributed by atoms with van der Waals surface area (Å²) in [5.74, 6) is 0. The van der Waals surface area contributed by atoms with Gasteiger partial charge in [0, 0.05) is 86.7 Å². The maximum atomic E-state index is 8.75. The molecule has 0 atom stereocenters. The van der Waals surface area contributed by atoms with Gasteiger partial charge in [0.1, 0.15) is 0 Å². The van der Waals surface area contributed by atoms with Crippen LogP contribution in [0.5, 0.6) is 0 Å². The fourth-order valence-electron chi connectivity index (χ4n) is 0. The minimum absolute atomic E-state index is 0. The summed E-state index contributed by atoms with van der Waals surface area (Å²) in [6.07, 6.45) is 0. The Labute approximate surface area is 545 Å². The van der Waals surface area contributed by atoms with E-state index in [4.69, 9.17) is 117 Å². The molecule has 0 aromatic heterocycles. The van der Waals surface area contributed by atoms with E-state index >= 15 is 0 Å². The van der Waals surface area contributed by atoms with Crippen LogP contribution in [-0.4, -0.2) is 225 Å². The standard InChI is InChI=1S/12CH4O.10CH3O.2CH3.2FH.13Li.2H2O.H2/c22*1-2;;;;;;;;;;;;;;;;;;;;/h12*2H,1H3;10*1H3;2*1H3;2*1H;;;;;;;;;;;;;;2*1H2;1H/q;;;;;;;;;;;;12*-1;;;13*+1;;;/p-1/i;;;;;;;;;;;;;;;;;;;;;;;;;;;;;;;;;;;;;;;;;1+2/hT. The van der Waals surface area contributed by atoms with Crippen molar-refractivity contribution in [1.82, 2.24) is 0 Å². The molecule has 63 heavy (non-hydrogen) atoms. The molecule has 0 aliphatic carbocycles. The molecule has 0 aliphatic heterocycles. The van der Waals surface area contributed by atoms with Crippen LogP contribution >= 0.6 is 0 Å². The predicted octanol–water partition coefficient (Wildman–Crippen LogP) is -56.7. The monoisotopic (exact) mass is 897 g/mol. The van der Waals surface area contributed by atoms with Crippen LogP contribution in [0.4, 0.5) is 4.72 Å². The van der Waals surface area contributed by atoms with Crippen molar-refractivity contribution in [2.75, 3.05) is 156 Å². The summed E-state index contributed by atoms with van der Waals surface area (Å²) < 4.78 is 13.0. The molecule has 0 saturated heterocycles. The molecule has 16 N–H and O–H groups in total. The Kier molecular flexibility index (Phi) is 41900. The zero-order valence-electron chi connectivity index (χ0n) is 49.2. The van der Waals surface area contributed by atoms with Gasteiger partial charge >= 0.3 is 245 Å². The second-order valence-corrected chi connectivity index (χ2v) is 0. The Morgan fingerprint density at radius 2 is 0.222 bits per heavy atom. The van der Waals surface area contributed by atoms with Gasteiger partial charge in [-0.25, -0.2) is 0 Å². The molecule has 0 heterocycles. The molecule has 0 aromatic carbocycles. The van der Waals surface area contributed by atoms with E-state index in [1.807, 2.05) is 0 Å². The summed E-state index contributed by atoms with van der Waals surface area (Å²) in [6.45, 7) is 0. The normalized spacial score (nSPS) is 2.21. The first-order valence-corrected chi connectivity index (χ1v) is 9.45. The second-order valence-electron chi connectivity index (χ2n) is 0. The van der Waals surface area contributed by atoms with E-state index < -0.39 is 0 Å².